The van der Waals surface area contributed by atoms with E-state index in [9.17, 15) is 9.59 Å². The lowest BCUT2D eigenvalue weighted by Gasteiger charge is -2.03. The molecule has 0 bridgehead atoms. The van der Waals surface area contributed by atoms with Crippen molar-refractivity contribution in [3.63, 3.8) is 0 Å². The molecule has 0 rings (SSSR count). The van der Waals surface area contributed by atoms with E-state index >= 15 is 0 Å². The summed E-state index contributed by atoms with van der Waals surface area (Å²) >= 11 is 0. The number of hydrogen-bond donors (Lipinski definition) is 1. The van der Waals surface area contributed by atoms with E-state index in [0.717, 1.165) is 0 Å². The molecule has 5 nitrogen and oxygen atoms in total. The number of esters is 1. The molecule has 0 spiro atoms. The molecule has 0 aliphatic heterocycles. The number of carbonyl (C=O) groups is 2. The van der Waals surface area contributed by atoms with Crippen molar-refractivity contribution in [2.75, 3.05) is 26.4 Å². The third-order valence-electron chi connectivity index (χ3n) is 1.53. The fraction of sp³-hybridized carbons (Fsp3) is 0.778. The Morgan fingerprint density at radius 3 is 2.40 bits per heavy atom. The Bertz CT molecular complexity index is 187. The van der Waals surface area contributed by atoms with Crippen LogP contribution in [0.2, 0.25) is 0 Å². The number of nitrogens with two attached hydrogens (primary N) is 1. The van der Waals surface area contributed by atoms with Crippen molar-refractivity contribution < 1.29 is 19.1 Å². The van der Waals surface area contributed by atoms with Gasteiger partial charge >= 0.3 is 5.97 Å². The first-order chi connectivity index (χ1) is 6.70. The number of halogens is 1. The van der Waals surface area contributed by atoms with Crippen LogP contribution in [-0.2, 0) is 19.1 Å². The van der Waals surface area contributed by atoms with Gasteiger partial charge in [-0.05, 0) is 6.92 Å². The summed E-state index contributed by atoms with van der Waals surface area (Å²) in [7, 11) is 0. The average molecular weight is 240 g/mol. The van der Waals surface area contributed by atoms with Crippen LogP contribution in [0, 0.1) is 0 Å². The fourth-order valence-corrected chi connectivity index (χ4v) is 0.774. The van der Waals surface area contributed by atoms with Gasteiger partial charge in [-0.15, -0.1) is 12.4 Å². The highest BCUT2D eigenvalue weighted by molar-refractivity contribution is 5.85. The second kappa shape index (κ2) is 11.4. The minimum absolute atomic E-state index is 0. The van der Waals surface area contributed by atoms with Gasteiger partial charge in [-0.2, -0.15) is 0 Å². The second-order valence-corrected chi connectivity index (χ2v) is 2.66. The van der Waals surface area contributed by atoms with Gasteiger partial charge in [-0.25, -0.2) is 0 Å². The summed E-state index contributed by atoms with van der Waals surface area (Å²) in [4.78, 5) is 21.7. The largest absolute Gasteiger partial charge is 0.463 e. The summed E-state index contributed by atoms with van der Waals surface area (Å²) in [5, 5.41) is 0. The SMILES string of the molecule is CCOCCOC(=O)CCC(=O)CN.Cl. The van der Waals surface area contributed by atoms with E-state index < -0.39 is 0 Å². The number of hydrogen-bond acceptors (Lipinski definition) is 5. The smallest absolute Gasteiger partial charge is 0.306 e. The highest BCUT2D eigenvalue weighted by Crippen LogP contribution is 1.93. The van der Waals surface area contributed by atoms with Crippen LogP contribution in [0.1, 0.15) is 19.8 Å². The van der Waals surface area contributed by atoms with Crippen molar-refractivity contribution in [3.05, 3.63) is 0 Å². The van der Waals surface area contributed by atoms with Crippen LogP contribution >= 0.6 is 12.4 Å². The molecule has 0 atom stereocenters. The predicted octanol–water partition coefficient (Wildman–Crippen LogP) is 0.296. The molecule has 0 saturated carbocycles. The summed E-state index contributed by atoms with van der Waals surface area (Å²) in [6.45, 7) is 3.08. The highest BCUT2D eigenvalue weighted by atomic mass is 35.5. The predicted molar refractivity (Wildman–Crippen MR) is 58.0 cm³/mol. The quantitative estimate of drug-likeness (QED) is 0.487. The van der Waals surface area contributed by atoms with Crippen LogP contribution in [-0.4, -0.2) is 38.1 Å². The molecule has 15 heavy (non-hydrogen) atoms. The van der Waals surface area contributed by atoms with E-state index in [1.807, 2.05) is 6.92 Å². The molecular formula is C9H18ClNO4. The van der Waals surface area contributed by atoms with E-state index in [1.165, 1.54) is 0 Å². The molecule has 0 radical (unpaired) electrons. The molecule has 0 heterocycles. The first-order valence-corrected chi connectivity index (χ1v) is 4.65. The van der Waals surface area contributed by atoms with Crippen LogP contribution < -0.4 is 5.73 Å². The Balaban J connectivity index is 0. The molecule has 0 aromatic rings. The lowest BCUT2D eigenvalue weighted by atomic mass is 10.2. The van der Waals surface area contributed by atoms with Crippen LogP contribution in [0.25, 0.3) is 0 Å². The summed E-state index contributed by atoms with van der Waals surface area (Å²) in [6, 6.07) is 0. The highest BCUT2D eigenvalue weighted by Gasteiger charge is 2.06. The second-order valence-electron chi connectivity index (χ2n) is 2.66. The normalized spacial score (nSPS) is 9.20. The molecule has 0 amide bonds. The molecule has 0 aliphatic carbocycles. The Morgan fingerprint density at radius 2 is 1.87 bits per heavy atom. The van der Waals surface area contributed by atoms with Crippen LogP contribution in [0.4, 0.5) is 0 Å². The molecule has 0 fully saturated rings. The van der Waals surface area contributed by atoms with E-state index in [4.69, 9.17) is 15.2 Å². The number of ether oxygens (including phenoxy) is 2. The minimum Gasteiger partial charge on any atom is -0.463 e. The number of Topliss-reactive ketones (excluding diaryl/α,β-unsaturated/α-hetero) is 1. The van der Waals surface area contributed by atoms with E-state index in [2.05, 4.69) is 0 Å². The molecule has 0 saturated heterocycles. The molecular weight excluding hydrogens is 222 g/mol. The standard InChI is InChI=1S/C9H17NO4.ClH/c1-2-13-5-6-14-9(12)4-3-8(11)7-10;/h2-7,10H2,1H3;1H. The fourth-order valence-electron chi connectivity index (χ4n) is 0.774. The zero-order valence-corrected chi connectivity index (χ0v) is 9.68. The maximum Gasteiger partial charge on any atom is 0.306 e. The summed E-state index contributed by atoms with van der Waals surface area (Å²) in [5.74, 6) is -0.515. The van der Waals surface area contributed by atoms with Gasteiger partial charge in [-0.1, -0.05) is 0 Å². The van der Waals surface area contributed by atoms with Crippen LogP contribution in [0.5, 0.6) is 0 Å². The van der Waals surface area contributed by atoms with Gasteiger partial charge in [0.05, 0.1) is 19.6 Å². The number of ketones is 1. The van der Waals surface area contributed by atoms with E-state index in [1.54, 1.807) is 0 Å². The monoisotopic (exact) mass is 239 g/mol. The Kier molecular flexibility index (Phi) is 12.8. The van der Waals surface area contributed by atoms with Gasteiger partial charge in [-0.3, -0.25) is 9.59 Å². The lowest BCUT2D eigenvalue weighted by molar-refractivity contribution is -0.146. The zero-order chi connectivity index (χ0) is 10.8. The molecule has 0 unspecified atom stereocenters. The molecule has 6 heteroatoms. The van der Waals surface area contributed by atoms with Gasteiger partial charge in [0.25, 0.3) is 0 Å². The van der Waals surface area contributed by atoms with Crippen molar-refractivity contribution in [1.29, 1.82) is 0 Å². The lowest BCUT2D eigenvalue weighted by Crippen LogP contribution is -2.16. The molecule has 2 N–H and O–H groups in total. The van der Waals surface area contributed by atoms with Crippen LogP contribution in [0.15, 0.2) is 0 Å². The van der Waals surface area contributed by atoms with Crippen molar-refractivity contribution in [3.8, 4) is 0 Å². The maximum absolute atomic E-state index is 11.0. The van der Waals surface area contributed by atoms with Crippen molar-refractivity contribution in [2.45, 2.75) is 19.8 Å². The maximum atomic E-state index is 11.0. The molecule has 0 aromatic heterocycles. The van der Waals surface area contributed by atoms with Gasteiger partial charge in [0.15, 0.2) is 0 Å². The van der Waals surface area contributed by atoms with Crippen molar-refractivity contribution in [1.82, 2.24) is 0 Å². The average Bonchev–Trinajstić information content (AvgIpc) is 2.21. The Morgan fingerprint density at radius 1 is 1.20 bits per heavy atom. The zero-order valence-electron chi connectivity index (χ0n) is 8.86. The number of rotatable bonds is 8. The molecule has 0 aromatic carbocycles. The van der Waals surface area contributed by atoms with Gasteiger partial charge in [0.2, 0.25) is 0 Å². The third kappa shape index (κ3) is 11.3. The van der Waals surface area contributed by atoms with Gasteiger partial charge < -0.3 is 15.2 Å². The van der Waals surface area contributed by atoms with E-state index in [-0.39, 0.29) is 50.2 Å². The molecule has 90 valence electrons. The molecule has 0 aliphatic rings. The van der Waals surface area contributed by atoms with Crippen molar-refractivity contribution in [2.24, 2.45) is 5.73 Å². The van der Waals surface area contributed by atoms with Crippen molar-refractivity contribution >= 4 is 24.2 Å². The van der Waals surface area contributed by atoms with E-state index in [0.29, 0.717) is 13.2 Å². The first kappa shape index (κ1) is 16.8. The third-order valence-corrected chi connectivity index (χ3v) is 1.53. The summed E-state index contributed by atoms with van der Waals surface area (Å²) in [6.07, 6.45) is 0.256. The van der Waals surface area contributed by atoms with Gasteiger partial charge in [0, 0.05) is 13.0 Å². The van der Waals surface area contributed by atoms with Gasteiger partial charge in [0.1, 0.15) is 12.4 Å². The number of carbonyl (C=O) groups excluding carboxylic acids is 2. The minimum atomic E-state index is -0.383. The Labute approximate surface area is 95.7 Å². The summed E-state index contributed by atoms with van der Waals surface area (Å²) < 4.78 is 9.75. The van der Waals surface area contributed by atoms with Crippen LogP contribution in [0.3, 0.4) is 0 Å². The Hall–Kier alpha value is -0.650. The topological polar surface area (TPSA) is 78.6 Å². The first-order valence-electron chi connectivity index (χ1n) is 4.65. The summed E-state index contributed by atoms with van der Waals surface area (Å²) in [5.41, 5.74) is 5.08.